The van der Waals surface area contributed by atoms with Gasteiger partial charge in [-0.25, -0.2) is 0 Å². The molecule has 0 aliphatic carbocycles. The van der Waals surface area contributed by atoms with Gasteiger partial charge in [0, 0.05) is 25.9 Å². The van der Waals surface area contributed by atoms with Gasteiger partial charge in [-0.2, -0.15) is 8.42 Å². The Labute approximate surface area is 167 Å². The highest BCUT2D eigenvalue weighted by molar-refractivity contribution is 7.85. The summed E-state index contributed by atoms with van der Waals surface area (Å²) >= 11 is 0. The maximum atomic E-state index is 12.6. The van der Waals surface area contributed by atoms with Crippen LogP contribution in [0.2, 0.25) is 0 Å². The first-order valence-electron chi connectivity index (χ1n) is 9.19. The van der Waals surface area contributed by atoms with Crippen LogP contribution in [0.15, 0.2) is 0 Å². The van der Waals surface area contributed by atoms with Crippen molar-refractivity contribution in [3.05, 3.63) is 0 Å². The van der Waals surface area contributed by atoms with E-state index in [-0.39, 0.29) is 18.7 Å². The molecule has 2 amide bonds. The van der Waals surface area contributed by atoms with Crippen LogP contribution in [0.5, 0.6) is 0 Å². The zero-order valence-corrected chi connectivity index (χ0v) is 18.6. The van der Waals surface area contributed by atoms with Crippen molar-refractivity contribution in [3.63, 3.8) is 0 Å². The first-order valence-corrected chi connectivity index (χ1v) is 10.8. The second kappa shape index (κ2) is 10.8. The highest BCUT2D eigenvalue weighted by Crippen LogP contribution is 2.25. The van der Waals surface area contributed by atoms with Gasteiger partial charge in [-0.1, -0.05) is 13.8 Å². The lowest BCUT2D eigenvalue weighted by Crippen LogP contribution is -2.50. The lowest BCUT2D eigenvalue weighted by atomic mass is 9.85. The molecule has 9 nitrogen and oxygen atoms in total. The zero-order valence-electron chi connectivity index (χ0n) is 17.8. The third kappa shape index (κ3) is 9.50. The Hall–Kier alpha value is -1.68. The van der Waals surface area contributed by atoms with E-state index in [0.717, 1.165) is 0 Å². The van der Waals surface area contributed by atoms with Crippen molar-refractivity contribution >= 4 is 27.9 Å². The third-order valence-corrected chi connectivity index (χ3v) is 5.56. The summed E-state index contributed by atoms with van der Waals surface area (Å²) in [5, 5.41) is 2.59. The number of hydrogen-bond donors (Lipinski definition) is 2. The van der Waals surface area contributed by atoms with Crippen molar-refractivity contribution in [2.24, 2.45) is 17.8 Å². The predicted molar refractivity (Wildman–Crippen MR) is 105 cm³/mol. The van der Waals surface area contributed by atoms with Gasteiger partial charge in [0.05, 0.1) is 24.3 Å². The fourth-order valence-electron chi connectivity index (χ4n) is 3.09. The minimum Gasteiger partial charge on any atom is -0.469 e. The number of hydrogen-bond acceptors (Lipinski definition) is 6. The van der Waals surface area contributed by atoms with Crippen LogP contribution < -0.4 is 5.32 Å². The molecule has 164 valence electrons. The highest BCUT2D eigenvalue weighted by Gasteiger charge is 2.33. The maximum Gasteiger partial charge on any atom is 0.308 e. The van der Waals surface area contributed by atoms with Crippen LogP contribution in [0.1, 0.15) is 47.0 Å². The van der Waals surface area contributed by atoms with Crippen molar-refractivity contribution in [2.75, 3.05) is 27.0 Å². The Morgan fingerprint density at radius 1 is 1.14 bits per heavy atom. The molecule has 0 heterocycles. The Bertz CT molecular complexity index is 659. The van der Waals surface area contributed by atoms with Crippen molar-refractivity contribution in [3.8, 4) is 0 Å². The molecule has 0 radical (unpaired) electrons. The fraction of sp³-hybridized carbons (Fsp3) is 0.833. The summed E-state index contributed by atoms with van der Waals surface area (Å²) in [4.78, 5) is 38.4. The Morgan fingerprint density at radius 2 is 1.68 bits per heavy atom. The normalized spacial score (nSPS) is 15.3. The van der Waals surface area contributed by atoms with E-state index in [0.29, 0.717) is 6.42 Å². The van der Waals surface area contributed by atoms with Gasteiger partial charge in [-0.05, 0) is 33.1 Å². The monoisotopic (exact) mass is 422 g/mol. The SMILES string of the molecule is CCC(CC(CC(C)C(=O)NC(C)(C)CS(=O)(=O)O)C(=O)N(C)C)C(=O)OC. The lowest BCUT2D eigenvalue weighted by Gasteiger charge is -2.29. The summed E-state index contributed by atoms with van der Waals surface area (Å²) < 4.78 is 36.0. The first-order chi connectivity index (χ1) is 12.6. The number of esters is 1. The number of carbonyl (C=O) groups is 3. The number of nitrogens with one attached hydrogen (secondary N) is 1. The van der Waals surface area contributed by atoms with Gasteiger partial charge in [0.2, 0.25) is 11.8 Å². The van der Waals surface area contributed by atoms with E-state index >= 15 is 0 Å². The molecule has 10 heteroatoms. The largest absolute Gasteiger partial charge is 0.469 e. The molecule has 0 aliphatic heterocycles. The van der Waals surface area contributed by atoms with Gasteiger partial charge in [-0.3, -0.25) is 18.9 Å². The molecule has 28 heavy (non-hydrogen) atoms. The van der Waals surface area contributed by atoms with Crippen LogP contribution >= 0.6 is 0 Å². The molecular weight excluding hydrogens is 388 g/mol. The van der Waals surface area contributed by atoms with Crippen LogP contribution in [0.3, 0.4) is 0 Å². The van der Waals surface area contributed by atoms with E-state index in [2.05, 4.69) is 5.32 Å². The van der Waals surface area contributed by atoms with Gasteiger partial charge >= 0.3 is 5.97 Å². The molecule has 0 saturated carbocycles. The molecule has 0 aromatic carbocycles. The van der Waals surface area contributed by atoms with E-state index in [9.17, 15) is 22.8 Å². The van der Waals surface area contributed by atoms with Gasteiger partial charge in [0.15, 0.2) is 0 Å². The first kappa shape index (κ1) is 26.3. The second-order valence-electron chi connectivity index (χ2n) is 8.03. The Morgan fingerprint density at radius 3 is 2.07 bits per heavy atom. The number of ether oxygens (including phenoxy) is 1. The average molecular weight is 423 g/mol. The Balaban J connectivity index is 5.27. The summed E-state index contributed by atoms with van der Waals surface area (Å²) in [6.45, 7) is 6.43. The van der Waals surface area contributed by atoms with E-state index in [1.54, 1.807) is 21.0 Å². The third-order valence-electron chi connectivity index (χ3n) is 4.48. The topological polar surface area (TPSA) is 130 Å². The van der Waals surface area contributed by atoms with Gasteiger partial charge < -0.3 is 15.0 Å². The number of nitrogens with zero attached hydrogens (tertiary/aromatic N) is 1. The molecule has 3 atom stereocenters. The summed E-state index contributed by atoms with van der Waals surface area (Å²) in [6.07, 6.45) is 0.955. The van der Waals surface area contributed by atoms with Crippen LogP contribution in [0.4, 0.5) is 0 Å². The number of rotatable bonds is 11. The van der Waals surface area contributed by atoms with Crippen molar-refractivity contribution < 1.29 is 32.1 Å². The van der Waals surface area contributed by atoms with Crippen molar-refractivity contribution in [2.45, 2.75) is 52.5 Å². The summed E-state index contributed by atoms with van der Waals surface area (Å²) in [7, 11) is 0.244. The smallest absolute Gasteiger partial charge is 0.308 e. The van der Waals surface area contributed by atoms with Crippen molar-refractivity contribution in [1.29, 1.82) is 0 Å². The maximum absolute atomic E-state index is 12.6. The molecule has 0 aliphatic rings. The van der Waals surface area contributed by atoms with Crippen molar-refractivity contribution in [1.82, 2.24) is 10.2 Å². The molecule has 0 aromatic rings. The summed E-state index contributed by atoms with van der Waals surface area (Å²) in [6, 6.07) is 0. The molecule has 0 fully saturated rings. The molecule has 2 N–H and O–H groups in total. The van der Waals surface area contributed by atoms with Crippen LogP contribution in [0, 0.1) is 17.8 Å². The lowest BCUT2D eigenvalue weighted by molar-refractivity contribution is -0.147. The van der Waals surface area contributed by atoms with E-state index in [4.69, 9.17) is 9.29 Å². The molecule has 0 saturated heterocycles. The fourth-order valence-corrected chi connectivity index (χ4v) is 4.07. The summed E-state index contributed by atoms with van der Waals surface area (Å²) in [5.74, 6) is -3.28. The molecule has 0 rings (SSSR count). The molecule has 0 aromatic heterocycles. The standard InChI is InChI=1S/C18H34N2O7S/c1-8-13(17(23)27-7)10-14(16(22)20(5)6)9-12(2)15(21)19-18(3,4)11-28(24,25)26/h12-14H,8-11H2,1-7H3,(H,19,21)(H,24,25,26). The van der Waals surface area contributed by atoms with E-state index in [1.807, 2.05) is 6.92 Å². The van der Waals surface area contributed by atoms with Crippen LogP contribution in [0.25, 0.3) is 0 Å². The molecular formula is C18H34N2O7S. The highest BCUT2D eigenvalue weighted by atomic mass is 32.2. The Kier molecular flexibility index (Phi) is 10.1. The van der Waals surface area contributed by atoms with E-state index in [1.165, 1.54) is 25.9 Å². The molecule has 0 spiro atoms. The number of carbonyl (C=O) groups excluding carboxylic acids is 3. The molecule has 0 bridgehead atoms. The average Bonchev–Trinajstić information content (AvgIpc) is 2.53. The van der Waals surface area contributed by atoms with Crippen LogP contribution in [-0.4, -0.2) is 68.2 Å². The summed E-state index contributed by atoms with van der Waals surface area (Å²) in [5.41, 5.74) is -1.17. The number of amides is 2. The van der Waals surface area contributed by atoms with Gasteiger partial charge in [0.1, 0.15) is 0 Å². The van der Waals surface area contributed by atoms with Gasteiger partial charge in [0.25, 0.3) is 10.1 Å². The zero-order chi connectivity index (χ0) is 22.3. The molecule has 3 unspecified atom stereocenters. The minimum atomic E-state index is -4.26. The second-order valence-corrected chi connectivity index (χ2v) is 9.48. The van der Waals surface area contributed by atoms with Gasteiger partial charge in [-0.15, -0.1) is 0 Å². The van der Waals surface area contributed by atoms with E-state index < -0.39 is 51.0 Å². The quantitative estimate of drug-likeness (QED) is 0.376. The minimum absolute atomic E-state index is 0.193. The number of methoxy groups -OCH3 is 1. The van der Waals surface area contributed by atoms with Crippen LogP contribution in [-0.2, 0) is 29.2 Å². The predicted octanol–water partition coefficient (Wildman–Crippen LogP) is 1.09.